The molecule has 0 saturated heterocycles. The molecule has 0 aliphatic heterocycles. The van der Waals surface area contributed by atoms with Crippen LogP contribution in [0.3, 0.4) is 0 Å². The molecule has 0 saturated carbocycles. The fourth-order valence-corrected chi connectivity index (χ4v) is 2.01. The standard InChI is InChI=1S/C14H20OS/c1-10-6-7-12(8-11(10)2)13(15)9-16-14(3,4)5/h6-8H,9H2,1-5H3. The van der Waals surface area contributed by atoms with Crippen LogP contribution in [0.4, 0.5) is 0 Å². The molecule has 0 bridgehead atoms. The normalized spacial score (nSPS) is 11.6. The quantitative estimate of drug-likeness (QED) is 0.737. The van der Waals surface area contributed by atoms with Crippen LogP contribution >= 0.6 is 11.8 Å². The third-order valence-corrected chi connectivity index (χ3v) is 3.74. The molecule has 0 aliphatic rings. The van der Waals surface area contributed by atoms with Crippen molar-refractivity contribution in [3.05, 3.63) is 34.9 Å². The second-order valence-corrected chi connectivity index (χ2v) is 6.93. The number of benzene rings is 1. The van der Waals surface area contributed by atoms with Gasteiger partial charge in [-0.05, 0) is 31.0 Å². The van der Waals surface area contributed by atoms with Gasteiger partial charge >= 0.3 is 0 Å². The molecule has 88 valence electrons. The van der Waals surface area contributed by atoms with Gasteiger partial charge in [-0.25, -0.2) is 0 Å². The summed E-state index contributed by atoms with van der Waals surface area (Å²) in [7, 11) is 0. The zero-order valence-corrected chi connectivity index (χ0v) is 11.6. The van der Waals surface area contributed by atoms with E-state index in [0.29, 0.717) is 5.75 Å². The predicted octanol–water partition coefficient (Wildman–Crippen LogP) is 4.02. The Morgan fingerprint density at radius 2 is 1.81 bits per heavy atom. The maximum Gasteiger partial charge on any atom is 0.172 e. The van der Waals surface area contributed by atoms with Gasteiger partial charge in [0.15, 0.2) is 5.78 Å². The van der Waals surface area contributed by atoms with E-state index < -0.39 is 0 Å². The smallest absolute Gasteiger partial charge is 0.172 e. The van der Waals surface area contributed by atoms with Crippen molar-refractivity contribution >= 4 is 17.5 Å². The van der Waals surface area contributed by atoms with E-state index in [4.69, 9.17) is 0 Å². The van der Waals surface area contributed by atoms with Gasteiger partial charge in [0.25, 0.3) is 0 Å². The minimum Gasteiger partial charge on any atom is -0.293 e. The molecule has 0 radical (unpaired) electrons. The van der Waals surface area contributed by atoms with Crippen molar-refractivity contribution in [2.24, 2.45) is 0 Å². The Morgan fingerprint density at radius 3 is 2.31 bits per heavy atom. The van der Waals surface area contributed by atoms with Crippen LogP contribution in [0.25, 0.3) is 0 Å². The Hall–Kier alpha value is -0.760. The second kappa shape index (κ2) is 5.05. The highest BCUT2D eigenvalue weighted by molar-refractivity contribution is 8.01. The Balaban J connectivity index is 2.70. The van der Waals surface area contributed by atoms with Crippen molar-refractivity contribution in [1.82, 2.24) is 0 Å². The van der Waals surface area contributed by atoms with Gasteiger partial charge in [-0.1, -0.05) is 32.9 Å². The summed E-state index contributed by atoms with van der Waals surface area (Å²) in [5, 5.41) is 0. The summed E-state index contributed by atoms with van der Waals surface area (Å²) in [4.78, 5) is 11.9. The van der Waals surface area contributed by atoms with Crippen molar-refractivity contribution in [1.29, 1.82) is 0 Å². The number of rotatable bonds is 3. The van der Waals surface area contributed by atoms with Crippen molar-refractivity contribution < 1.29 is 4.79 Å². The van der Waals surface area contributed by atoms with Crippen LogP contribution in [-0.2, 0) is 0 Å². The zero-order chi connectivity index (χ0) is 12.3. The third-order valence-electron chi connectivity index (χ3n) is 2.47. The molecule has 0 N–H and O–H groups in total. The summed E-state index contributed by atoms with van der Waals surface area (Å²) in [6.07, 6.45) is 0. The monoisotopic (exact) mass is 236 g/mol. The van der Waals surface area contributed by atoms with Crippen LogP contribution in [0.5, 0.6) is 0 Å². The van der Waals surface area contributed by atoms with Crippen LogP contribution in [0.1, 0.15) is 42.3 Å². The molecule has 0 fully saturated rings. The molecule has 0 heterocycles. The van der Waals surface area contributed by atoms with E-state index in [-0.39, 0.29) is 10.5 Å². The van der Waals surface area contributed by atoms with Crippen molar-refractivity contribution in [2.45, 2.75) is 39.4 Å². The molecule has 1 aromatic rings. The highest BCUT2D eigenvalue weighted by atomic mass is 32.2. The summed E-state index contributed by atoms with van der Waals surface area (Å²) in [5.74, 6) is 0.787. The van der Waals surface area contributed by atoms with Crippen molar-refractivity contribution in [2.75, 3.05) is 5.75 Å². The Kier molecular flexibility index (Phi) is 4.20. The fourth-order valence-electron chi connectivity index (χ4n) is 1.28. The van der Waals surface area contributed by atoms with E-state index >= 15 is 0 Å². The van der Waals surface area contributed by atoms with Crippen molar-refractivity contribution in [3.8, 4) is 0 Å². The summed E-state index contributed by atoms with van der Waals surface area (Å²) in [6.45, 7) is 10.5. The summed E-state index contributed by atoms with van der Waals surface area (Å²) in [5.41, 5.74) is 3.26. The molecular formula is C14H20OS. The molecule has 1 nitrogen and oxygen atoms in total. The first-order valence-corrected chi connectivity index (χ1v) is 6.52. The SMILES string of the molecule is Cc1ccc(C(=O)CSC(C)(C)C)cc1C. The van der Waals surface area contributed by atoms with Crippen LogP contribution in [0, 0.1) is 13.8 Å². The van der Waals surface area contributed by atoms with Gasteiger partial charge in [-0.3, -0.25) is 4.79 Å². The lowest BCUT2D eigenvalue weighted by molar-refractivity contribution is 0.102. The predicted molar refractivity (Wildman–Crippen MR) is 72.5 cm³/mol. The lowest BCUT2D eigenvalue weighted by Gasteiger charge is -2.16. The van der Waals surface area contributed by atoms with E-state index in [1.54, 1.807) is 11.8 Å². The number of hydrogen-bond donors (Lipinski definition) is 0. The van der Waals surface area contributed by atoms with Crippen LogP contribution in [-0.4, -0.2) is 16.3 Å². The largest absolute Gasteiger partial charge is 0.293 e. The molecule has 1 aromatic carbocycles. The number of aryl methyl sites for hydroxylation is 2. The first-order chi connectivity index (χ1) is 7.29. The minimum absolute atomic E-state index is 0.148. The van der Waals surface area contributed by atoms with E-state index in [1.165, 1.54) is 11.1 Å². The molecule has 16 heavy (non-hydrogen) atoms. The Labute approximate surface area is 103 Å². The van der Waals surface area contributed by atoms with Gasteiger partial charge in [-0.2, -0.15) is 0 Å². The summed E-state index contributed by atoms with van der Waals surface area (Å²) < 4.78 is 0.148. The maximum atomic E-state index is 11.9. The van der Waals surface area contributed by atoms with Gasteiger partial charge in [0.2, 0.25) is 0 Å². The first kappa shape index (κ1) is 13.3. The first-order valence-electron chi connectivity index (χ1n) is 5.54. The second-order valence-electron chi connectivity index (χ2n) is 5.12. The number of ketones is 1. The number of hydrogen-bond acceptors (Lipinski definition) is 2. The van der Waals surface area contributed by atoms with Crippen LogP contribution in [0.15, 0.2) is 18.2 Å². The molecule has 0 unspecified atom stereocenters. The minimum atomic E-state index is 0.148. The molecule has 0 atom stereocenters. The van der Waals surface area contributed by atoms with E-state index in [0.717, 1.165) is 5.56 Å². The van der Waals surface area contributed by atoms with Crippen LogP contribution in [0.2, 0.25) is 0 Å². The Morgan fingerprint density at radius 1 is 1.19 bits per heavy atom. The zero-order valence-electron chi connectivity index (χ0n) is 10.8. The molecule has 0 aliphatic carbocycles. The average Bonchev–Trinajstić information content (AvgIpc) is 2.17. The number of thioether (sulfide) groups is 1. The van der Waals surface area contributed by atoms with Gasteiger partial charge < -0.3 is 0 Å². The topological polar surface area (TPSA) is 17.1 Å². The van der Waals surface area contributed by atoms with Gasteiger partial charge in [0, 0.05) is 10.3 Å². The fraction of sp³-hybridized carbons (Fsp3) is 0.500. The molecule has 2 heteroatoms. The molecule has 0 aromatic heterocycles. The van der Waals surface area contributed by atoms with Gasteiger partial charge in [-0.15, -0.1) is 11.8 Å². The lowest BCUT2D eigenvalue weighted by atomic mass is 10.0. The molecular weight excluding hydrogens is 216 g/mol. The van der Waals surface area contributed by atoms with E-state index in [2.05, 4.69) is 27.7 Å². The maximum absolute atomic E-state index is 11.9. The highest BCUT2D eigenvalue weighted by Crippen LogP contribution is 2.24. The summed E-state index contributed by atoms with van der Waals surface area (Å²) in [6, 6.07) is 5.93. The molecule has 1 rings (SSSR count). The van der Waals surface area contributed by atoms with E-state index in [9.17, 15) is 4.79 Å². The van der Waals surface area contributed by atoms with Crippen LogP contribution < -0.4 is 0 Å². The number of carbonyl (C=O) groups excluding carboxylic acids is 1. The molecule has 0 amide bonds. The summed E-state index contributed by atoms with van der Waals surface area (Å²) >= 11 is 1.70. The van der Waals surface area contributed by atoms with Gasteiger partial charge in [0.05, 0.1) is 5.75 Å². The van der Waals surface area contributed by atoms with Gasteiger partial charge in [0.1, 0.15) is 0 Å². The Bertz CT molecular complexity index is 388. The molecule has 0 spiro atoms. The average molecular weight is 236 g/mol. The third kappa shape index (κ3) is 4.01. The van der Waals surface area contributed by atoms with E-state index in [1.807, 2.05) is 25.1 Å². The lowest BCUT2D eigenvalue weighted by Crippen LogP contribution is -2.13. The highest BCUT2D eigenvalue weighted by Gasteiger charge is 2.14. The number of carbonyl (C=O) groups is 1. The number of Topliss-reactive ketones (excluding diaryl/α,β-unsaturated/α-hetero) is 1. The van der Waals surface area contributed by atoms with Crippen molar-refractivity contribution in [3.63, 3.8) is 0 Å².